The number of carbonyl (C=O) groups is 3. The molecule has 86 valence electrons. The number of carboxylic acids is 1. The molecular weight excluding hydrogens is 204 g/mol. The van der Waals surface area contributed by atoms with E-state index in [0.717, 1.165) is 0 Å². The molecule has 0 fully saturated rings. The molecule has 0 aromatic heterocycles. The largest absolute Gasteiger partial charge is 0.549 e. The fourth-order valence-electron chi connectivity index (χ4n) is 0.892. The molecule has 0 saturated heterocycles. The summed E-state index contributed by atoms with van der Waals surface area (Å²) in [6.45, 7) is 3.29. The molecule has 0 aromatic rings. The van der Waals surface area contributed by atoms with Crippen LogP contribution in [0.3, 0.4) is 0 Å². The number of esters is 2. The van der Waals surface area contributed by atoms with E-state index in [2.05, 4.69) is 9.47 Å². The molecular formula is C9H13O6-. The first kappa shape index (κ1) is 13.4. The van der Waals surface area contributed by atoms with Crippen molar-refractivity contribution >= 4 is 17.9 Å². The molecule has 6 nitrogen and oxygen atoms in total. The normalized spacial score (nSPS) is 11.6. The van der Waals surface area contributed by atoms with Gasteiger partial charge in [-0.2, -0.15) is 0 Å². The Kier molecular flexibility index (Phi) is 6.08. The zero-order valence-corrected chi connectivity index (χ0v) is 8.65. The Hall–Kier alpha value is -1.59. The minimum absolute atomic E-state index is 0.0471. The number of rotatable bonds is 6. The van der Waals surface area contributed by atoms with Crippen LogP contribution >= 0.6 is 0 Å². The number of hydrogen-bond donors (Lipinski definition) is 0. The van der Waals surface area contributed by atoms with Crippen molar-refractivity contribution in [3.8, 4) is 0 Å². The Morgan fingerprint density at radius 2 is 1.67 bits per heavy atom. The number of aliphatic carboxylic acids is 1. The summed E-state index contributed by atoms with van der Waals surface area (Å²) in [7, 11) is 0. The molecule has 0 rings (SSSR count). The fraction of sp³-hybridized carbons (Fsp3) is 0.667. The molecule has 0 aromatic carbocycles. The molecule has 0 amide bonds. The van der Waals surface area contributed by atoms with Gasteiger partial charge in [-0.15, -0.1) is 0 Å². The molecule has 0 N–H and O–H groups in total. The summed E-state index contributed by atoms with van der Waals surface area (Å²) in [5, 5.41) is 10.5. The van der Waals surface area contributed by atoms with Crippen LogP contribution in [-0.4, -0.2) is 31.1 Å². The van der Waals surface area contributed by atoms with E-state index in [1.54, 1.807) is 6.92 Å². The van der Waals surface area contributed by atoms with Gasteiger partial charge in [-0.05, 0) is 13.8 Å². The van der Waals surface area contributed by atoms with Gasteiger partial charge in [0.25, 0.3) is 0 Å². The van der Waals surface area contributed by atoms with Crippen LogP contribution in [0, 0.1) is 5.92 Å². The van der Waals surface area contributed by atoms with Gasteiger partial charge in [-0.1, -0.05) is 0 Å². The standard InChI is InChI=1S/C9H14O6/c1-3-14-7(10)5-6(8(11)12)9(13)15-4-2/h6H,3-5H2,1-2H3,(H,11,12)/p-1. The molecule has 15 heavy (non-hydrogen) atoms. The van der Waals surface area contributed by atoms with E-state index < -0.39 is 30.2 Å². The van der Waals surface area contributed by atoms with Crippen LogP contribution < -0.4 is 5.11 Å². The highest BCUT2D eigenvalue weighted by molar-refractivity contribution is 5.96. The summed E-state index contributed by atoms with van der Waals surface area (Å²) in [5.74, 6) is -4.98. The zero-order chi connectivity index (χ0) is 11.8. The maximum Gasteiger partial charge on any atom is 0.315 e. The van der Waals surface area contributed by atoms with Crippen LogP contribution in [0.25, 0.3) is 0 Å². The molecule has 0 radical (unpaired) electrons. The summed E-state index contributed by atoms with van der Waals surface area (Å²) < 4.78 is 8.99. The minimum Gasteiger partial charge on any atom is -0.549 e. The second-order valence-electron chi connectivity index (χ2n) is 2.63. The van der Waals surface area contributed by atoms with Gasteiger partial charge in [0.05, 0.1) is 25.6 Å². The number of carboxylic acid groups (broad SMARTS) is 1. The maximum atomic E-state index is 11.1. The van der Waals surface area contributed by atoms with E-state index in [1.807, 2.05) is 0 Å². The van der Waals surface area contributed by atoms with Crippen molar-refractivity contribution in [1.29, 1.82) is 0 Å². The molecule has 0 heterocycles. The van der Waals surface area contributed by atoms with E-state index in [0.29, 0.717) is 0 Å². The first-order valence-corrected chi connectivity index (χ1v) is 4.56. The Morgan fingerprint density at radius 3 is 2.07 bits per heavy atom. The Morgan fingerprint density at radius 1 is 1.13 bits per heavy atom. The Bertz CT molecular complexity index is 247. The molecule has 0 saturated carbocycles. The third-order valence-electron chi connectivity index (χ3n) is 1.53. The second-order valence-corrected chi connectivity index (χ2v) is 2.63. The highest BCUT2D eigenvalue weighted by Gasteiger charge is 2.25. The first-order valence-electron chi connectivity index (χ1n) is 4.56. The summed E-state index contributed by atoms with van der Waals surface area (Å²) in [6, 6.07) is 0. The van der Waals surface area contributed by atoms with Crippen LogP contribution in [-0.2, 0) is 23.9 Å². The molecule has 6 heteroatoms. The van der Waals surface area contributed by atoms with Gasteiger partial charge in [0, 0.05) is 0 Å². The third kappa shape index (κ3) is 4.99. The molecule has 0 spiro atoms. The average Bonchev–Trinajstić information content (AvgIpc) is 2.14. The smallest absolute Gasteiger partial charge is 0.315 e. The first-order chi connectivity index (χ1) is 7.02. The van der Waals surface area contributed by atoms with E-state index in [-0.39, 0.29) is 13.2 Å². The van der Waals surface area contributed by atoms with Crippen LogP contribution in [0.4, 0.5) is 0 Å². The van der Waals surface area contributed by atoms with Gasteiger partial charge >= 0.3 is 11.9 Å². The molecule has 0 aliphatic carbocycles. The quantitative estimate of drug-likeness (QED) is 0.413. The Labute approximate surface area is 87.2 Å². The fourth-order valence-corrected chi connectivity index (χ4v) is 0.892. The topological polar surface area (TPSA) is 92.7 Å². The van der Waals surface area contributed by atoms with E-state index >= 15 is 0 Å². The van der Waals surface area contributed by atoms with Crippen LogP contribution in [0.5, 0.6) is 0 Å². The highest BCUT2D eigenvalue weighted by atomic mass is 16.5. The van der Waals surface area contributed by atoms with Crippen LogP contribution in [0.1, 0.15) is 20.3 Å². The predicted molar refractivity (Wildman–Crippen MR) is 46.4 cm³/mol. The lowest BCUT2D eigenvalue weighted by atomic mass is 10.1. The van der Waals surface area contributed by atoms with Gasteiger partial charge in [-0.25, -0.2) is 0 Å². The van der Waals surface area contributed by atoms with E-state index in [1.165, 1.54) is 6.92 Å². The number of carbonyl (C=O) groups excluding carboxylic acids is 3. The average molecular weight is 217 g/mol. The van der Waals surface area contributed by atoms with Crippen molar-refractivity contribution in [3.63, 3.8) is 0 Å². The van der Waals surface area contributed by atoms with Crippen molar-refractivity contribution in [2.45, 2.75) is 20.3 Å². The molecule has 0 aliphatic heterocycles. The molecule has 1 atom stereocenters. The van der Waals surface area contributed by atoms with Gasteiger partial charge in [-0.3, -0.25) is 9.59 Å². The maximum absolute atomic E-state index is 11.1. The SMILES string of the molecule is CCOC(=O)CC(C(=O)[O-])C(=O)OCC. The summed E-state index contributed by atoms with van der Waals surface area (Å²) in [4.78, 5) is 32.6. The van der Waals surface area contributed by atoms with Crippen molar-refractivity contribution in [3.05, 3.63) is 0 Å². The van der Waals surface area contributed by atoms with Gasteiger partial charge in [0.1, 0.15) is 5.92 Å². The molecule has 1 unspecified atom stereocenters. The predicted octanol–water partition coefficient (Wildman–Crippen LogP) is -1.13. The van der Waals surface area contributed by atoms with Crippen molar-refractivity contribution in [1.82, 2.24) is 0 Å². The van der Waals surface area contributed by atoms with Crippen molar-refractivity contribution in [2.24, 2.45) is 5.92 Å². The van der Waals surface area contributed by atoms with E-state index in [9.17, 15) is 19.5 Å². The Balaban J connectivity index is 4.34. The van der Waals surface area contributed by atoms with Gasteiger partial charge in [0.15, 0.2) is 0 Å². The molecule has 0 bridgehead atoms. The van der Waals surface area contributed by atoms with Gasteiger partial charge in [0.2, 0.25) is 0 Å². The lowest BCUT2D eigenvalue weighted by molar-refractivity contribution is -0.311. The summed E-state index contributed by atoms with van der Waals surface area (Å²) in [5.41, 5.74) is 0. The summed E-state index contributed by atoms with van der Waals surface area (Å²) >= 11 is 0. The lowest BCUT2D eigenvalue weighted by Crippen LogP contribution is -2.39. The highest BCUT2D eigenvalue weighted by Crippen LogP contribution is 2.06. The summed E-state index contributed by atoms with van der Waals surface area (Å²) in [6.07, 6.45) is -0.561. The molecule has 0 aliphatic rings. The number of hydrogen-bond acceptors (Lipinski definition) is 6. The van der Waals surface area contributed by atoms with Crippen molar-refractivity contribution < 1.29 is 29.0 Å². The van der Waals surface area contributed by atoms with Crippen LogP contribution in [0.15, 0.2) is 0 Å². The third-order valence-corrected chi connectivity index (χ3v) is 1.53. The van der Waals surface area contributed by atoms with Gasteiger partial charge < -0.3 is 19.4 Å². The second kappa shape index (κ2) is 6.80. The zero-order valence-electron chi connectivity index (χ0n) is 8.65. The van der Waals surface area contributed by atoms with E-state index in [4.69, 9.17) is 0 Å². The minimum atomic E-state index is -1.64. The number of ether oxygens (including phenoxy) is 2. The van der Waals surface area contributed by atoms with Crippen molar-refractivity contribution in [2.75, 3.05) is 13.2 Å². The lowest BCUT2D eigenvalue weighted by Gasteiger charge is -2.15. The van der Waals surface area contributed by atoms with Crippen LogP contribution in [0.2, 0.25) is 0 Å². The monoisotopic (exact) mass is 217 g/mol.